The molecule has 3 aromatic rings. The molecular weight excluding hydrogens is 435 g/mol. The van der Waals surface area contributed by atoms with Crippen molar-refractivity contribution in [3.63, 3.8) is 0 Å². The number of pyridine rings is 1. The molecule has 1 fully saturated rings. The minimum atomic E-state index is -4.44. The third-order valence-electron chi connectivity index (χ3n) is 5.80. The lowest BCUT2D eigenvalue weighted by molar-refractivity contribution is -0.137. The number of anilines is 1. The van der Waals surface area contributed by atoms with Gasteiger partial charge in [-0.15, -0.1) is 0 Å². The maximum absolute atomic E-state index is 12.7. The maximum atomic E-state index is 12.7. The van der Waals surface area contributed by atoms with Crippen LogP contribution in [0, 0.1) is 5.92 Å². The van der Waals surface area contributed by atoms with Crippen LogP contribution in [-0.2, 0) is 11.0 Å². The summed E-state index contributed by atoms with van der Waals surface area (Å²) in [5.41, 5.74) is 0.739. The number of halogens is 3. The molecule has 1 aromatic carbocycles. The van der Waals surface area contributed by atoms with Gasteiger partial charge in [0.05, 0.1) is 23.6 Å². The molecule has 0 atom stereocenters. The standard InChI is InChI=1S/C23H24F3N5O2/c1-14(2)31-20-17(12-28-31)11-19(13-27-20)29-21(32)15-7-9-30(10-8-15)22(33)16-3-5-18(6-4-16)23(24,25)26/h3-6,11-15H,7-10H2,1-2H3,(H,29,32). The summed E-state index contributed by atoms with van der Waals surface area (Å²) in [5.74, 6) is -0.746. The quantitative estimate of drug-likeness (QED) is 0.622. The zero-order valence-corrected chi connectivity index (χ0v) is 18.3. The van der Waals surface area contributed by atoms with Crippen LogP contribution in [0.1, 0.15) is 48.7 Å². The van der Waals surface area contributed by atoms with Crippen molar-refractivity contribution in [3.05, 3.63) is 53.9 Å². The van der Waals surface area contributed by atoms with E-state index in [1.807, 2.05) is 24.6 Å². The smallest absolute Gasteiger partial charge is 0.339 e. The molecule has 0 bridgehead atoms. The number of hydrogen-bond acceptors (Lipinski definition) is 4. The molecule has 7 nitrogen and oxygen atoms in total. The Morgan fingerprint density at radius 3 is 2.36 bits per heavy atom. The van der Waals surface area contributed by atoms with Crippen LogP contribution in [0.15, 0.2) is 42.7 Å². The number of nitrogens with zero attached hydrogens (tertiary/aromatic N) is 4. The van der Waals surface area contributed by atoms with Crippen molar-refractivity contribution in [1.82, 2.24) is 19.7 Å². The van der Waals surface area contributed by atoms with Crippen molar-refractivity contribution >= 4 is 28.5 Å². The Kier molecular flexibility index (Phi) is 6.09. The number of piperidine rings is 1. The van der Waals surface area contributed by atoms with Crippen LogP contribution in [0.25, 0.3) is 11.0 Å². The van der Waals surface area contributed by atoms with Gasteiger partial charge in [-0.2, -0.15) is 18.3 Å². The van der Waals surface area contributed by atoms with E-state index in [1.54, 1.807) is 17.3 Å². The van der Waals surface area contributed by atoms with Crippen molar-refractivity contribution in [2.45, 2.75) is 38.9 Å². The highest BCUT2D eigenvalue weighted by Crippen LogP contribution is 2.29. The van der Waals surface area contributed by atoms with Crippen LogP contribution in [-0.4, -0.2) is 44.6 Å². The molecule has 174 valence electrons. The maximum Gasteiger partial charge on any atom is 0.416 e. The number of rotatable bonds is 4. The van der Waals surface area contributed by atoms with Gasteiger partial charge < -0.3 is 10.2 Å². The van der Waals surface area contributed by atoms with E-state index in [2.05, 4.69) is 15.4 Å². The predicted molar refractivity (Wildman–Crippen MR) is 117 cm³/mol. The number of fused-ring (bicyclic) bond motifs is 1. The molecule has 0 unspecified atom stereocenters. The molecule has 1 saturated heterocycles. The monoisotopic (exact) mass is 459 g/mol. The minimum Gasteiger partial charge on any atom is -0.339 e. The van der Waals surface area contributed by atoms with Gasteiger partial charge in [-0.25, -0.2) is 9.67 Å². The third-order valence-corrected chi connectivity index (χ3v) is 5.80. The molecule has 33 heavy (non-hydrogen) atoms. The average Bonchev–Trinajstić information content (AvgIpc) is 3.22. The fraction of sp³-hybridized carbons (Fsp3) is 0.391. The Bertz CT molecular complexity index is 1160. The van der Waals surface area contributed by atoms with Gasteiger partial charge in [0.25, 0.3) is 5.91 Å². The SMILES string of the molecule is CC(C)n1ncc2cc(NC(=O)C3CCN(C(=O)c4ccc(C(F)(F)F)cc4)CC3)cnc21. The summed E-state index contributed by atoms with van der Waals surface area (Å²) < 4.78 is 40.0. The highest BCUT2D eigenvalue weighted by molar-refractivity contribution is 5.96. The Morgan fingerprint density at radius 1 is 1.09 bits per heavy atom. The zero-order valence-electron chi connectivity index (χ0n) is 18.3. The predicted octanol–water partition coefficient (Wildman–Crippen LogP) is 4.52. The number of benzene rings is 1. The molecule has 2 amide bonds. The van der Waals surface area contributed by atoms with Crippen molar-refractivity contribution in [2.24, 2.45) is 5.92 Å². The first-order chi connectivity index (χ1) is 15.6. The fourth-order valence-electron chi connectivity index (χ4n) is 3.96. The molecule has 0 spiro atoms. The van der Waals surface area contributed by atoms with Gasteiger partial charge >= 0.3 is 6.18 Å². The van der Waals surface area contributed by atoms with Crippen LogP contribution in [0.2, 0.25) is 0 Å². The summed E-state index contributed by atoms with van der Waals surface area (Å²) in [7, 11) is 0. The van der Waals surface area contributed by atoms with Crippen molar-refractivity contribution in [2.75, 3.05) is 18.4 Å². The summed E-state index contributed by atoms with van der Waals surface area (Å²) in [6.07, 6.45) is -0.187. The van der Waals surface area contributed by atoms with Crippen molar-refractivity contribution in [3.8, 4) is 0 Å². The summed E-state index contributed by atoms with van der Waals surface area (Å²) in [5, 5.41) is 8.04. The molecule has 1 N–H and O–H groups in total. The van der Waals surface area contributed by atoms with E-state index in [9.17, 15) is 22.8 Å². The number of likely N-dealkylation sites (tertiary alicyclic amines) is 1. The highest BCUT2D eigenvalue weighted by Gasteiger charge is 2.31. The van der Waals surface area contributed by atoms with E-state index >= 15 is 0 Å². The number of aromatic nitrogens is 3. The van der Waals surface area contributed by atoms with Gasteiger partial charge in [-0.3, -0.25) is 9.59 Å². The summed E-state index contributed by atoms with van der Waals surface area (Å²) in [6.45, 7) is 4.74. The fourth-order valence-corrected chi connectivity index (χ4v) is 3.96. The Hall–Kier alpha value is -3.43. The minimum absolute atomic E-state index is 0.144. The summed E-state index contributed by atoms with van der Waals surface area (Å²) >= 11 is 0. The number of alkyl halides is 3. The van der Waals surface area contributed by atoms with E-state index in [4.69, 9.17) is 0 Å². The molecule has 0 aliphatic carbocycles. The molecule has 2 aromatic heterocycles. The first-order valence-corrected chi connectivity index (χ1v) is 10.7. The molecule has 0 saturated carbocycles. The van der Waals surface area contributed by atoms with E-state index in [0.717, 1.165) is 23.2 Å². The second-order valence-electron chi connectivity index (χ2n) is 8.45. The molecule has 1 aliphatic heterocycles. The van der Waals surface area contributed by atoms with Crippen LogP contribution in [0.5, 0.6) is 0 Å². The normalized spacial score (nSPS) is 15.3. The van der Waals surface area contributed by atoms with E-state index < -0.39 is 11.7 Å². The average molecular weight is 459 g/mol. The molecule has 10 heteroatoms. The second kappa shape index (κ2) is 8.84. The summed E-state index contributed by atoms with van der Waals surface area (Å²) in [4.78, 5) is 31.3. The number of amides is 2. The third kappa shape index (κ3) is 4.84. The number of carbonyl (C=O) groups excluding carboxylic acids is 2. The van der Waals surface area contributed by atoms with Crippen molar-refractivity contribution < 1.29 is 22.8 Å². The lowest BCUT2D eigenvalue weighted by Crippen LogP contribution is -2.41. The van der Waals surface area contributed by atoms with Crippen molar-refractivity contribution in [1.29, 1.82) is 0 Å². The van der Waals surface area contributed by atoms with Gasteiger partial charge in [0.2, 0.25) is 5.91 Å². The molecule has 0 radical (unpaired) electrons. The topological polar surface area (TPSA) is 80.1 Å². The lowest BCUT2D eigenvalue weighted by atomic mass is 9.95. The first-order valence-electron chi connectivity index (χ1n) is 10.7. The van der Waals surface area contributed by atoms with Gasteiger partial charge in [0.1, 0.15) is 0 Å². The van der Waals surface area contributed by atoms with E-state index in [0.29, 0.717) is 31.6 Å². The zero-order chi connectivity index (χ0) is 23.8. The largest absolute Gasteiger partial charge is 0.416 e. The molecule has 4 rings (SSSR count). The van der Waals surface area contributed by atoms with E-state index in [1.165, 1.54) is 12.1 Å². The van der Waals surface area contributed by atoms with Gasteiger partial charge in [0, 0.05) is 36.0 Å². The van der Waals surface area contributed by atoms with Gasteiger partial charge in [0.15, 0.2) is 5.65 Å². The number of hydrogen-bond donors (Lipinski definition) is 1. The van der Waals surface area contributed by atoms with Crippen LogP contribution < -0.4 is 5.32 Å². The summed E-state index contributed by atoms with van der Waals surface area (Å²) in [6, 6.07) is 6.19. The first kappa shape index (κ1) is 22.8. The number of nitrogens with one attached hydrogen (secondary N) is 1. The highest BCUT2D eigenvalue weighted by atomic mass is 19.4. The molecule has 3 heterocycles. The van der Waals surface area contributed by atoms with Crippen LogP contribution in [0.4, 0.5) is 18.9 Å². The number of carbonyl (C=O) groups is 2. The van der Waals surface area contributed by atoms with E-state index in [-0.39, 0.29) is 29.3 Å². The Balaban J connectivity index is 1.34. The lowest BCUT2D eigenvalue weighted by Gasteiger charge is -2.31. The molecular formula is C23H24F3N5O2. The Morgan fingerprint density at radius 2 is 1.76 bits per heavy atom. The molecule has 1 aliphatic rings. The van der Waals surface area contributed by atoms with Crippen LogP contribution in [0.3, 0.4) is 0 Å². The second-order valence-corrected chi connectivity index (χ2v) is 8.45. The van der Waals surface area contributed by atoms with Crippen LogP contribution >= 0.6 is 0 Å². The van der Waals surface area contributed by atoms with Gasteiger partial charge in [-0.05, 0) is 57.0 Å². The Labute approximate surface area is 188 Å². The van der Waals surface area contributed by atoms with Gasteiger partial charge in [-0.1, -0.05) is 0 Å².